The molecule has 0 aromatic rings. The van der Waals surface area contributed by atoms with Gasteiger partial charge < -0.3 is 0 Å². The fraction of sp³-hybridized carbons (Fsp3) is 1.00. The summed E-state index contributed by atoms with van der Waals surface area (Å²) in [5.41, 5.74) is 0. The zero-order valence-corrected chi connectivity index (χ0v) is 35.5. The Morgan fingerprint density at radius 2 is 0.651 bits per heavy atom. The van der Waals surface area contributed by atoms with Gasteiger partial charge in [0.2, 0.25) is 0 Å². The summed E-state index contributed by atoms with van der Waals surface area (Å²) in [7, 11) is -4.54. The van der Waals surface area contributed by atoms with Gasteiger partial charge in [-0.05, 0) is 0 Å². The Morgan fingerprint density at radius 1 is 0.419 bits per heavy atom. The van der Waals surface area contributed by atoms with E-state index < -0.39 is 38.7 Å². The molecule has 2 fully saturated rings. The Bertz CT molecular complexity index is 630. The second-order valence-electron chi connectivity index (χ2n) is 17.4. The van der Waals surface area contributed by atoms with Crippen LogP contribution in [0.15, 0.2) is 0 Å². The summed E-state index contributed by atoms with van der Waals surface area (Å²) < 4.78 is 31.4. The maximum absolute atomic E-state index is 8.08. The molecule has 2 saturated carbocycles. The third kappa shape index (κ3) is 15.3. The molecular weight excluding hydrogens is 644 g/mol. The molecule has 0 aliphatic heterocycles. The third-order valence-corrected chi connectivity index (χ3v) is 33.0. The summed E-state index contributed by atoms with van der Waals surface area (Å²) >= 11 is -4.62. The Morgan fingerprint density at radius 3 is 0.860 bits per heavy atom. The van der Waals surface area contributed by atoms with Gasteiger partial charge in [-0.25, -0.2) is 0 Å². The predicted molar refractivity (Wildman–Crippen MR) is 187 cm³/mol. The molecular formula is C36H76O4Si2Zr. The average molecular weight is 720 g/mol. The van der Waals surface area contributed by atoms with Crippen molar-refractivity contribution < 1.29 is 32.7 Å². The topological polar surface area (TPSA) is 36.9 Å². The van der Waals surface area contributed by atoms with Gasteiger partial charge >= 0.3 is 281 Å². The summed E-state index contributed by atoms with van der Waals surface area (Å²) in [6.07, 6.45) is 12.7. The molecule has 0 bridgehead atoms. The fourth-order valence-electron chi connectivity index (χ4n) is 8.66. The third-order valence-electron chi connectivity index (χ3n) is 9.09. The van der Waals surface area contributed by atoms with Crippen LogP contribution in [0.3, 0.4) is 0 Å². The molecule has 0 spiro atoms. The Labute approximate surface area is 279 Å². The van der Waals surface area contributed by atoms with E-state index in [-0.39, 0.29) is 12.2 Å². The monoisotopic (exact) mass is 718 g/mol. The minimum absolute atomic E-state index is 0.237. The van der Waals surface area contributed by atoms with Crippen LogP contribution >= 0.6 is 0 Å². The van der Waals surface area contributed by atoms with E-state index in [1.165, 1.54) is 74.8 Å². The zero-order chi connectivity index (χ0) is 32.3. The Kier molecular flexibility index (Phi) is 18.0. The summed E-state index contributed by atoms with van der Waals surface area (Å²) in [4.78, 5) is 0. The first-order valence-corrected chi connectivity index (χ1v) is 27.9. The van der Waals surface area contributed by atoms with Crippen LogP contribution in [0, 0.1) is 35.5 Å². The van der Waals surface area contributed by atoms with E-state index in [0.717, 1.165) is 25.7 Å². The van der Waals surface area contributed by atoms with Crippen molar-refractivity contribution in [2.45, 2.75) is 196 Å². The van der Waals surface area contributed by atoms with Crippen LogP contribution in [0.4, 0.5) is 0 Å². The molecule has 0 aromatic heterocycles. The molecule has 43 heavy (non-hydrogen) atoms. The van der Waals surface area contributed by atoms with Crippen molar-refractivity contribution in [3.8, 4) is 0 Å². The molecule has 0 saturated heterocycles. The second-order valence-corrected chi connectivity index (χ2v) is 31.6. The molecule has 2 rings (SSSR count). The van der Waals surface area contributed by atoms with Crippen molar-refractivity contribution in [3.63, 3.8) is 0 Å². The van der Waals surface area contributed by atoms with Crippen molar-refractivity contribution in [2.24, 2.45) is 35.5 Å². The predicted octanol–water partition coefficient (Wildman–Crippen LogP) is 12.4. The van der Waals surface area contributed by atoms with Gasteiger partial charge in [-0.3, -0.25) is 0 Å². The summed E-state index contributed by atoms with van der Waals surface area (Å²) in [5, 5.41) is 0. The van der Waals surface area contributed by atoms with E-state index in [9.17, 15) is 0 Å². The summed E-state index contributed by atoms with van der Waals surface area (Å²) in [5.74, 6) is 3.59. The molecule has 0 amide bonds. The SMILES string of the molecule is CC(C)C[Si](CC(C)C)(CC(C)C)[O][Zr]([O]C1CCCCC1)([O]C1CCCCC1)[O][Si](CC(C)C)(CC(C)C)CC(C)C. The van der Waals surface area contributed by atoms with Crippen molar-refractivity contribution in [1.82, 2.24) is 0 Å². The molecule has 7 heteroatoms. The van der Waals surface area contributed by atoms with Crippen LogP contribution in [0.2, 0.25) is 36.3 Å². The number of hydrogen-bond donors (Lipinski definition) is 0. The molecule has 0 aromatic carbocycles. The fourth-order valence-corrected chi connectivity index (χ4v) is 37.7. The Balaban J connectivity index is 2.79. The van der Waals surface area contributed by atoms with Crippen LogP contribution in [-0.4, -0.2) is 28.8 Å². The first-order chi connectivity index (χ1) is 20.1. The number of hydrogen-bond acceptors (Lipinski definition) is 4. The second kappa shape index (κ2) is 19.2. The van der Waals surface area contributed by atoms with Gasteiger partial charge in [-0.2, -0.15) is 0 Å². The first kappa shape index (κ1) is 40.3. The van der Waals surface area contributed by atoms with Gasteiger partial charge in [0.25, 0.3) is 0 Å². The summed E-state index contributed by atoms with van der Waals surface area (Å²) in [6.45, 7) is 28.9. The molecule has 256 valence electrons. The van der Waals surface area contributed by atoms with Crippen molar-refractivity contribution in [2.75, 3.05) is 0 Å². The average Bonchev–Trinajstić information content (AvgIpc) is 2.82. The van der Waals surface area contributed by atoms with Crippen LogP contribution in [0.1, 0.15) is 147 Å². The van der Waals surface area contributed by atoms with E-state index in [4.69, 9.17) is 10.6 Å². The maximum atomic E-state index is 8.08. The number of rotatable bonds is 20. The molecule has 2 aliphatic rings. The normalized spacial score (nSPS) is 18.8. The summed E-state index contributed by atoms with van der Waals surface area (Å²) in [6, 6.07) is 7.09. The van der Waals surface area contributed by atoms with Crippen LogP contribution < -0.4 is 0 Å². The van der Waals surface area contributed by atoms with Gasteiger partial charge in [0, 0.05) is 0 Å². The zero-order valence-electron chi connectivity index (χ0n) is 31.1. The first-order valence-electron chi connectivity index (χ1n) is 18.8. The van der Waals surface area contributed by atoms with Crippen LogP contribution in [0.25, 0.3) is 0 Å². The molecule has 0 radical (unpaired) electrons. The van der Waals surface area contributed by atoms with E-state index in [1.807, 2.05) is 0 Å². The van der Waals surface area contributed by atoms with E-state index in [1.54, 1.807) is 0 Å². The van der Waals surface area contributed by atoms with Crippen molar-refractivity contribution in [1.29, 1.82) is 0 Å². The van der Waals surface area contributed by atoms with E-state index >= 15 is 0 Å². The molecule has 2 aliphatic carbocycles. The van der Waals surface area contributed by atoms with E-state index in [0.29, 0.717) is 35.5 Å². The standard InChI is InChI=1S/2C12H27OSi.2C6H11O.Zr/c2*1-10(2)7-14(13,8-11(3)4)9-12(5)6;2*7-6-4-2-1-3-5-6;/h2*10-12H,7-9H2,1-6H3;2*6H,1-5H2;/q4*-1;+4. The molecule has 4 nitrogen and oxygen atoms in total. The van der Waals surface area contributed by atoms with Gasteiger partial charge in [0.15, 0.2) is 0 Å². The van der Waals surface area contributed by atoms with Gasteiger partial charge in [0.1, 0.15) is 0 Å². The molecule has 0 atom stereocenters. The van der Waals surface area contributed by atoms with Crippen molar-refractivity contribution in [3.05, 3.63) is 0 Å². The molecule has 0 unspecified atom stereocenters. The van der Waals surface area contributed by atoms with Crippen LogP contribution in [0.5, 0.6) is 0 Å². The molecule has 0 heterocycles. The van der Waals surface area contributed by atoms with Gasteiger partial charge in [0.05, 0.1) is 0 Å². The van der Waals surface area contributed by atoms with Gasteiger partial charge in [-0.1, -0.05) is 0 Å². The van der Waals surface area contributed by atoms with Crippen molar-refractivity contribution >= 4 is 16.6 Å². The Hall–Kier alpha value is 1.16. The molecule has 0 N–H and O–H groups in total. The minimum atomic E-state index is -4.62. The quantitative estimate of drug-likeness (QED) is 0.117. The van der Waals surface area contributed by atoms with E-state index in [2.05, 4.69) is 83.1 Å². The van der Waals surface area contributed by atoms with Crippen LogP contribution in [-0.2, 0) is 32.7 Å². The van der Waals surface area contributed by atoms with Gasteiger partial charge in [-0.15, -0.1) is 0 Å².